The van der Waals surface area contributed by atoms with E-state index in [4.69, 9.17) is 9.47 Å². The van der Waals surface area contributed by atoms with Crippen molar-refractivity contribution in [3.63, 3.8) is 0 Å². The number of hydrogen-bond donors (Lipinski definition) is 7. The highest BCUT2D eigenvalue weighted by atomic mass is 33.1. The van der Waals surface area contributed by atoms with Crippen LogP contribution < -0.4 is 15.4 Å². The van der Waals surface area contributed by atoms with E-state index in [1.807, 2.05) is 42.5 Å². The van der Waals surface area contributed by atoms with Gasteiger partial charge in [0.1, 0.15) is 17.8 Å². The third kappa shape index (κ3) is 10.9. The van der Waals surface area contributed by atoms with Gasteiger partial charge in [-0.15, -0.1) is 0 Å². The average Bonchev–Trinajstić information content (AvgIpc) is 3.19. The molecule has 0 unspecified atom stereocenters. The molecule has 1 aliphatic carbocycles. The van der Waals surface area contributed by atoms with Crippen molar-refractivity contribution >= 4 is 43.8 Å². The van der Waals surface area contributed by atoms with Gasteiger partial charge < -0.3 is 40.3 Å². The van der Waals surface area contributed by atoms with E-state index in [1.165, 1.54) is 13.5 Å². The van der Waals surface area contributed by atoms with Crippen LogP contribution in [-0.4, -0.2) is 75.1 Å². The molecule has 4 aromatic rings. The molecule has 10 nitrogen and oxygen atoms in total. The summed E-state index contributed by atoms with van der Waals surface area (Å²) in [4.78, 5) is 14.0. The number of benzene rings is 4. The summed E-state index contributed by atoms with van der Waals surface area (Å²) >= 11 is 0. The largest absolute Gasteiger partial charge is 0.508 e. The zero-order valence-electron chi connectivity index (χ0n) is 32.3. The maximum atomic E-state index is 14.0. The summed E-state index contributed by atoms with van der Waals surface area (Å²) in [6.07, 6.45) is 5.04. The molecule has 6 rings (SSSR count). The Morgan fingerprint density at radius 2 is 1.73 bits per heavy atom. The van der Waals surface area contributed by atoms with Gasteiger partial charge in [-0.2, -0.15) is 0 Å². The van der Waals surface area contributed by atoms with Gasteiger partial charge in [0.2, 0.25) is 0 Å². The van der Waals surface area contributed by atoms with Crippen LogP contribution in [0.3, 0.4) is 0 Å². The molecule has 2 aliphatic rings. The van der Waals surface area contributed by atoms with Gasteiger partial charge in [-0.3, -0.25) is 10.1 Å². The number of carbonyl (C=O) groups excluding carboxylic acids is 1. The predicted molar refractivity (Wildman–Crippen MR) is 226 cm³/mol. The monoisotopic (exact) mass is 804 g/mol. The molecule has 0 aromatic heterocycles. The first-order valence-corrected chi connectivity index (χ1v) is 22.3. The second-order valence-corrected chi connectivity index (χ2v) is 17.6. The molecule has 0 radical (unpaired) electrons. The van der Waals surface area contributed by atoms with Gasteiger partial charge in [-0.1, -0.05) is 71.2 Å². The van der Waals surface area contributed by atoms with Gasteiger partial charge in [-0.25, -0.2) is 0 Å². The maximum absolute atomic E-state index is 14.0. The maximum Gasteiger partial charge on any atom is 0.168 e. The van der Waals surface area contributed by atoms with E-state index in [1.54, 1.807) is 46.7 Å². The van der Waals surface area contributed by atoms with Crippen LogP contribution >= 0.6 is 21.6 Å². The lowest BCUT2D eigenvalue weighted by Gasteiger charge is -2.32. The van der Waals surface area contributed by atoms with Crippen molar-refractivity contribution < 1.29 is 39.8 Å². The summed E-state index contributed by atoms with van der Waals surface area (Å²) in [6, 6.07) is 18.8. The van der Waals surface area contributed by atoms with Crippen molar-refractivity contribution in [1.29, 1.82) is 0 Å². The third-order valence-electron chi connectivity index (χ3n) is 10.8. The van der Waals surface area contributed by atoms with Gasteiger partial charge in [0.15, 0.2) is 11.5 Å². The normalized spacial score (nSPS) is 20.2. The molecule has 7 N–H and O–H groups in total. The number of fused-ring (bicyclic) bond motifs is 5. The van der Waals surface area contributed by atoms with Crippen molar-refractivity contribution in [2.45, 2.75) is 114 Å². The van der Waals surface area contributed by atoms with E-state index in [9.17, 15) is 30.3 Å². The molecule has 0 bridgehead atoms. The first-order valence-electron chi connectivity index (χ1n) is 19.8. The lowest BCUT2D eigenvalue weighted by atomic mass is 9.89. The van der Waals surface area contributed by atoms with Crippen LogP contribution in [0.25, 0.3) is 21.9 Å². The Bertz CT molecular complexity index is 1940. The molecule has 1 fully saturated rings. The summed E-state index contributed by atoms with van der Waals surface area (Å²) in [7, 11) is 4.73. The number of anilines is 1. The molecule has 0 amide bonds. The van der Waals surface area contributed by atoms with Gasteiger partial charge >= 0.3 is 0 Å². The summed E-state index contributed by atoms with van der Waals surface area (Å²) in [6.45, 7) is 1.86. The smallest absolute Gasteiger partial charge is 0.168 e. The number of aliphatic hydroxyl groups excluding tert-OH is 3. The minimum atomic E-state index is -0.625. The lowest BCUT2D eigenvalue weighted by Crippen LogP contribution is -2.38. The SMILES string of the molecule is COc1c(O)ccc2c1-c1ccc3ccc(O)cc3c1CSSC[C@@H](O)CC[C@@H](O[C@H](NC1CCCCC1)c1ccc(NC[C@H](C)O)c(CO)c1)CC(=O)CC2. The number of carbonyl (C=O) groups is 1. The number of phenols is 2. The van der Waals surface area contributed by atoms with Gasteiger partial charge in [0.05, 0.1) is 32.0 Å². The molecular formula is C44H56N2O8S2. The van der Waals surface area contributed by atoms with Crippen molar-refractivity contribution in [3.8, 4) is 28.4 Å². The number of phenolic OH excluding ortho intramolecular Hbond substituents is 2. The Labute approximate surface area is 337 Å². The van der Waals surface area contributed by atoms with E-state index < -0.39 is 24.5 Å². The Morgan fingerprint density at radius 3 is 2.50 bits per heavy atom. The van der Waals surface area contributed by atoms with Crippen molar-refractivity contribution in [3.05, 3.63) is 82.9 Å². The second-order valence-electron chi connectivity index (χ2n) is 15.1. The summed E-state index contributed by atoms with van der Waals surface area (Å²) in [5.41, 5.74) is 5.67. The predicted octanol–water partition coefficient (Wildman–Crippen LogP) is 8.15. The minimum Gasteiger partial charge on any atom is -0.508 e. The number of nitrogens with one attached hydrogen (secondary N) is 2. The van der Waals surface area contributed by atoms with Crippen LogP contribution in [0.1, 0.15) is 93.2 Å². The number of methoxy groups -OCH3 is 1. The Balaban J connectivity index is 1.31. The molecule has 12 heteroatoms. The van der Waals surface area contributed by atoms with E-state index in [-0.39, 0.29) is 42.8 Å². The molecule has 302 valence electrons. The van der Waals surface area contributed by atoms with Crippen molar-refractivity contribution in [2.24, 2.45) is 0 Å². The fraction of sp³-hybridized carbons (Fsp3) is 0.477. The fourth-order valence-corrected chi connectivity index (χ4v) is 10.1. The molecule has 1 saturated carbocycles. The molecule has 0 saturated heterocycles. The summed E-state index contributed by atoms with van der Waals surface area (Å²) in [5, 5.41) is 61.6. The molecule has 4 atom stereocenters. The average molecular weight is 805 g/mol. The molecule has 0 spiro atoms. The number of aromatic hydroxyl groups is 2. The fourth-order valence-electron chi connectivity index (χ4n) is 7.85. The number of ether oxygens (including phenoxy) is 2. The Hall–Kier alpha value is -3.49. The number of ketones is 1. The number of aliphatic hydroxyl groups is 3. The number of rotatable bonds is 10. The highest BCUT2D eigenvalue weighted by Crippen LogP contribution is 2.46. The summed E-state index contributed by atoms with van der Waals surface area (Å²) < 4.78 is 12.7. The van der Waals surface area contributed by atoms with Gasteiger partial charge in [0.25, 0.3) is 0 Å². The van der Waals surface area contributed by atoms with E-state index in [0.717, 1.165) is 64.4 Å². The Kier molecular flexibility index (Phi) is 15.3. The Morgan fingerprint density at radius 1 is 0.929 bits per heavy atom. The van der Waals surface area contributed by atoms with Crippen LogP contribution in [0.5, 0.6) is 17.2 Å². The van der Waals surface area contributed by atoms with E-state index >= 15 is 0 Å². The molecule has 56 heavy (non-hydrogen) atoms. The number of Topliss-reactive ketones (excluding diaryl/α,β-unsaturated/α-hetero) is 1. The van der Waals surface area contributed by atoms with Gasteiger partial charge in [0, 0.05) is 53.7 Å². The van der Waals surface area contributed by atoms with Crippen LogP contribution in [0.4, 0.5) is 5.69 Å². The minimum absolute atomic E-state index is 0.000169. The standard InChI is InChI=1S/C44H56N2O8S2/c1-27(48)23-45-40-18-11-30(20-31(40)24-47)44(46-32-6-4-3-5-7-32)54-36-16-15-35(51)25-55-56-26-39-37(17-10-28-8-13-34(50)22-38(28)39)42-29(9-14-33(49)21-36)12-19-41(52)43(42)53-2/h8,10-13,17-20,22,27,32,35-36,44-48,50-52H,3-7,9,14-16,21,23-26H2,1-2H3/t27-,35-,36+,44-/m0/s1. The first kappa shape index (κ1) is 42.1. The van der Waals surface area contributed by atoms with Crippen LogP contribution in [-0.2, 0) is 28.3 Å². The zero-order chi connectivity index (χ0) is 39.6. The number of hydrogen-bond acceptors (Lipinski definition) is 12. The van der Waals surface area contributed by atoms with Crippen molar-refractivity contribution in [1.82, 2.24) is 5.32 Å². The second kappa shape index (κ2) is 20.3. The zero-order valence-corrected chi connectivity index (χ0v) is 34.0. The highest BCUT2D eigenvalue weighted by molar-refractivity contribution is 8.76. The summed E-state index contributed by atoms with van der Waals surface area (Å²) in [5.74, 6) is 1.55. The van der Waals surface area contributed by atoms with Crippen LogP contribution in [0.15, 0.2) is 60.7 Å². The first-order chi connectivity index (χ1) is 27.1. The number of aryl methyl sites for hydroxylation is 1. The molecular weight excluding hydrogens is 749 g/mol. The molecule has 1 heterocycles. The van der Waals surface area contributed by atoms with Gasteiger partial charge in [-0.05, 0) is 102 Å². The molecule has 1 aliphatic heterocycles. The molecule has 4 aromatic carbocycles. The topological polar surface area (TPSA) is 161 Å². The third-order valence-corrected chi connectivity index (χ3v) is 13.2. The van der Waals surface area contributed by atoms with Crippen molar-refractivity contribution in [2.75, 3.05) is 24.7 Å². The van der Waals surface area contributed by atoms with E-state index in [0.29, 0.717) is 54.2 Å². The van der Waals surface area contributed by atoms with Crippen LogP contribution in [0, 0.1) is 0 Å². The quantitative estimate of drug-likeness (QED) is 0.0610. The lowest BCUT2D eigenvalue weighted by molar-refractivity contribution is -0.124. The highest BCUT2D eigenvalue weighted by Gasteiger charge is 2.27. The van der Waals surface area contributed by atoms with Crippen LogP contribution in [0.2, 0.25) is 0 Å². The van der Waals surface area contributed by atoms with E-state index in [2.05, 4.69) is 10.6 Å².